The van der Waals surface area contributed by atoms with Gasteiger partial charge in [-0.25, -0.2) is 9.48 Å². The molecule has 24 heavy (non-hydrogen) atoms. The van der Waals surface area contributed by atoms with Gasteiger partial charge in [-0.2, -0.15) is 0 Å². The zero-order valence-electron chi connectivity index (χ0n) is 14.0. The second kappa shape index (κ2) is 6.94. The number of hydrogen-bond donors (Lipinski definition) is 1. The van der Waals surface area contributed by atoms with Gasteiger partial charge in [0.25, 0.3) is 0 Å². The first-order valence-corrected chi connectivity index (χ1v) is 7.96. The molecule has 0 bridgehead atoms. The zero-order chi connectivity index (χ0) is 16.6. The zero-order valence-corrected chi connectivity index (χ0v) is 14.8. The first-order valence-electron chi connectivity index (χ1n) is 7.96. The van der Waals surface area contributed by atoms with Crippen molar-refractivity contribution in [3.63, 3.8) is 0 Å². The predicted octanol–water partition coefficient (Wildman–Crippen LogP) is 0.894. The number of aromatic nitrogens is 3. The van der Waals surface area contributed by atoms with Crippen LogP contribution in [0.15, 0.2) is 29.2 Å². The number of hydrogen-bond acceptors (Lipinski definition) is 4. The first kappa shape index (κ1) is 18.5. The predicted molar refractivity (Wildman–Crippen MR) is 94.3 cm³/mol. The minimum absolute atomic E-state index is 0. The molecule has 2 aromatic rings. The van der Waals surface area contributed by atoms with E-state index < -0.39 is 0 Å². The van der Waals surface area contributed by atoms with Gasteiger partial charge in [0.15, 0.2) is 5.65 Å². The van der Waals surface area contributed by atoms with Crippen molar-refractivity contribution >= 4 is 24.0 Å². The van der Waals surface area contributed by atoms with E-state index in [4.69, 9.17) is 5.73 Å². The number of carbonyl (C=O) groups is 1. The quantitative estimate of drug-likeness (QED) is 0.888. The molecule has 3 heterocycles. The van der Waals surface area contributed by atoms with Crippen LogP contribution in [-0.2, 0) is 11.3 Å². The summed E-state index contributed by atoms with van der Waals surface area (Å²) in [6.45, 7) is 5.81. The summed E-state index contributed by atoms with van der Waals surface area (Å²) in [5, 5.41) is 4.25. The number of nitrogens with zero attached hydrogens (tertiary/aromatic N) is 4. The Labute approximate surface area is 146 Å². The number of rotatable bonds is 3. The summed E-state index contributed by atoms with van der Waals surface area (Å²) in [6.07, 6.45) is 2.76. The van der Waals surface area contributed by atoms with Crippen molar-refractivity contribution in [3.05, 3.63) is 34.9 Å². The smallest absolute Gasteiger partial charge is 0.342 e. The Morgan fingerprint density at radius 3 is 2.83 bits per heavy atom. The molecule has 0 aromatic carbocycles. The van der Waals surface area contributed by atoms with E-state index in [1.807, 2.05) is 11.0 Å². The summed E-state index contributed by atoms with van der Waals surface area (Å²) in [5.74, 6) is 0.0499. The van der Waals surface area contributed by atoms with Crippen LogP contribution in [0.2, 0.25) is 0 Å². The minimum atomic E-state index is -0.214. The van der Waals surface area contributed by atoms with Crippen molar-refractivity contribution < 1.29 is 4.79 Å². The number of piperidine rings is 1. The minimum Gasteiger partial charge on any atom is -0.342 e. The molecule has 1 aliphatic heterocycles. The number of halogens is 1. The summed E-state index contributed by atoms with van der Waals surface area (Å²) < 4.78 is 2.83. The number of pyridine rings is 1. The molecule has 0 radical (unpaired) electrons. The highest BCUT2D eigenvalue weighted by Gasteiger charge is 2.35. The molecule has 1 unspecified atom stereocenters. The van der Waals surface area contributed by atoms with Crippen LogP contribution in [-0.4, -0.2) is 44.1 Å². The van der Waals surface area contributed by atoms with Gasteiger partial charge in [0.2, 0.25) is 5.91 Å². The van der Waals surface area contributed by atoms with Crippen molar-refractivity contribution in [1.82, 2.24) is 19.1 Å². The third-order valence-corrected chi connectivity index (χ3v) is 4.69. The van der Waals surface area contributed by atoms with Crippen LogP contribution in [0.3, 0.4) is 0 Å². The molecule has 1 atom stereocenters. The molecule has 132 valence electrons. The lowest BCUT2D eigenvalue weighted by Crippen LogP contribution is -2.54. The Kier molecular flexibility index (Phi) is 5.35. The van der Waals surface area contributed by atoms with Gasteiger partial charge in [0.1, 0.15) is 0 Å². The molecule has 0 saturated carbocycles. The molecule has 1 saturated heterocycles. The van der Waals surface area contributed by atoms with Gasteiger partial charge in [0.05, 0.1) is 6.54 Å². The van der Waals surface area contributed by atoms with E-state index in [1.165, 1.54) is 9.08 Å². The van der Waals surface area contributed by atoms with Gasteiger partial charge in [-0.15, -0.1) is 17.5 Å². The van der Waals surface area contributed by atoms with Crippen LogP contribution >= 0.6 is 12.4 Å². The Hall–Kier alpha value is -1.86. The first-order chi connectivity index (χ1) is 10.9. The molecule has 1 fully saturated rings. The van der Waals surface area contributed by atoms with Crippen LogP contribution in [0.25, 0.3) is 5.65 Å². The summed E-state index contributed by atoms with van der Waals surface area (Å²) >= 11 is 0. The lowest BCUT2D eigenvalue weighted by Gasteiger charge is -2.42. The molecule has 1 aliphatic rings. The molecular weight excluding hydrogens is 330 g/mol. The van der Waals surface area contributed by atoms with Gasteiger partial charge in [-0.3, -0.25) is 9.20 Å². The van der Waals surface area contributed by atoms with Crippen LogP contribution in [0.5, 0.6) is 0 Å². The Morgan fingerprint density at radius 2 is 2.17 bits per heavy atom. The monoisotopic (exact) mass is 353 g/mol. The number of aryl methyl sites for hydroxylation is 1. The normalized spacial score (nSPS) is 20.0. The number of carbonyl (C=O) groups excluding carboxylic acids is 1. The van der Waals surface area contributed by atoms with Crippen LogP contribution in [0.1, 0.15) is 26.7 Å². The van der Waals surface area contributed by atoms with Crippen molar-refractivity contribution in [1.29, 1.82) is 0 Å². The molecule has 2 aromatic heterocycles. The largest absolute Gasteiger partial charge is 0.350 e. The Bertz CT molecular complexity index is 782. The van der Waals surface area contributed by atoms with Gasteiger partial charge in [-0.1, -0.05) is 19.9 Å². The number of amides is 1. The number of likely N-dealkylation sites (tertiary alicyclic amines) is 1. The fourth-order valence-corrected chi connectivity index (χ4v) is 3.06. The molecule has 0 aliphatic carbocycles. The average molecular weight is 354 g/mol. The average Bonchev–Trinajstić information content (AvgIpc) is 2.84. The van der Waals surface area contributed by atoms with Crippen LogP contribution < -0.4 is 11.4 Å². The van der Waals surface area contributed by atoms with Crippen LogP contribution in [0.4, 0.5) is 0 Å². The van der Waals surface area contributed by atoms with Crippen LogP contribution in [0, 0.1) is 5.41 Å². The van der Waals surface area contributed by atoms with Crippen molar-refractivity contribution in [2.45, 2.75) is 39.3 Å². The van der Waals surface area contributed by atoms with E-state index in [9.17, 15) is 9.59 Å². The van der Waals surface area contributed by atoms with Crippen molar-refractivity contribution in [3.8, 4) is 0 Å². The Balaban J connectivity index is 0.00000208. The summed E-state index contributed by atoms with van der Waals surface area (Å²) in [5.41, 5.74) is 6.41. The maximum Gasteiger partial charge on any atom is 0.350 e. The summed E-state index contributed by atoms with van der Waals surface area (Å²) in [4.78, 5) is 26.5. The standard InChI is InChI=1S/C16H23N5O2.ClH/c1-16(2)11-19(9-6-12(16)17)14(22)7-10-21-15(23)20-8-4-3-5-13(20)18-21;/h3-5,8,12H,6-7,9-11,17H2,1-2H3;1H. The molecule has 1 amide bonds. The van der Waals surface area contributed by atoms with Gasteiger partial charge in [-0.05, 0) is 24.0 Å². The van der Waals surface area contributed by atoms with Gasteiger partial charge >= 0.3 is 5.69 Å². The third-order valence-electron chi connectivity index (χ3n) is 4.69. The summed E-state index contributed by atoms with van der Waals surface area (Å²) in [7, 11) is 0. The van der Waals surface area contributed by atoms with E-state index in [0.29, 0.717) is 25.3 Å². The fourth-order valence-electron chi connectivity index (χ4n) is 3.06. The lowest BCUT2D eigenvalue weighted by atomic mass is 9.79. The number of nitrogens with two attached hydrogens (primary N) is 1. The van der Waals surface area contributed by atoms with E-state index in [0.717, 1.165) is 6.42 Å². The fraction of sp³-hybridized carbons (Fsp3) is 0.562. The molecule has 3 rings (SSSR count). The molecule has 7 nitrogen and oxygen atoms in total. The maximum atomic E-state index is 12.4. The van der Waals surface area contributed by atoms with E-state index in [1.54, 1.807) is 18.3 Å². The highest BCUT2D eigenvalue weighted by atomic mass is 35.5. The van der Waals surface area contributed by atoms with E-state index >= 15 is 0 Å². The highest BCUT2D eigenvalue weighted by molar-refractivity contribution is 5.85. The van der Waals surface area contributed by atoms with Crippen molar-refractivity contribution in [2.24, 2.45) is 11.1 Å². The summed E-state index contributed by atoms with van der Waals surface area (Å²) in [6, 6.07) is 5.50. The highest BCUT2D eigenvalue weighted by Crippen LogP contribution is 2.27. The molecular formula is C16H24ClN5O2. The second-order valence-corrected chi connectivity index (χ2v) is 6.88. The second-order valence-electron chi connectivity index (χ2n) is 6.88. The van der Waals surface area contributed by atoms with E-state index in [2.05, 4.69) is 18.9 Å². The van der Waals surface area contributed by atoms with Gasteiger partial charge < -0.3 is 10.6 Å². The van der Waals surface area contributed by atoms with Crippen molar-refractivity contribution in [2.75, 3.05) is 13.1 Å². The molecule has 0 spiro atoms. The Morgan fingerprint density at radius 1 is 1.42 bits per heavy atom. The molecule has 2 N–H and O–H groups in total. The van der Waals surface area contributed by atoms with E-state index in [-0.39, 0.29) is 41.9 Å². The number of fused-ring (bicyclic) bond motifs is 1. The SMILES string of the molecule is CC1(C)CN(C(=O)CCn2nc3ccccn3c2=O)CCC1N.Cl. The maximum absolute atomic E-state index is 12.4. The lowest BCUT2D eigenvalue weighted by molar-refractivity contribution is -0.134. The van der Waals surface area contributed by atoms with Gasteiger partial charge in [0, 0.05) is 31.7 Å². The topological polar surface area (TPSA) is 85.6 Å². The molecule has 8 heteroatoms. The third kappa shape index (κ3) is 3.47.